The van der Waals surface area contributed by atoms with Gasteiger partial charge in [-0.05, 0) is 43.5 Å². The van der Waals surface area contributed by atoms with Crippen LogP contribution in [0.25, 0.3) is 0 Å². The molecule has 1 aliphatic rings. The Hall–Kier alpha value is -1.18. The van der Waals surface area contributed by atoms with Crippen LogP contribution in [-0.2, 0) is 0 Å². The molecular formula is C13H18O2. The lowest BCUT2D eigenvalue weighted by atomic mass is 10.1. The Morgan fingerprint density at radius 3 is 2.20 bits per heavy atom. The maximum atomic E-state index is 5.77. The van der Waals surface area contributed by atoms with Gasteiger partial charge in [-0.25, -0.2) is 0 Å². The Morgan fingerprint density at radius 2 is 1.73 bits per heavy atom. The van der Waals surface area contributed by atoms with Crippen molar-refractivity contribution in [1.82, 2.24) is 0 Å². The molecule has 82 valence electrons. The van der Waals surface area contributed by atoms with Crippen LogP contribution >= 0.6 is 0 Å². The highest BCUT2D eigenvalue weighted by Crippen LogP contribution is 2.48. The van der Waals surface area contributed by atoms with Crippen molar-refractivity contribution in [3.05, 3.63) is 24.3 Å². The van der Waals surface area contributed by atoms with Crippen LogP contribution in [0.5, 0.6) is 11.5 Å². The molecule has 0 heterocycles. The third-order valence-corrected chi connectivity index (χ3v) is 3.31. The van der Waals surface area contributed by atoms with E-state index in [1.54, 1.807) is 7.11 Å². The summed E-state index contributed by atoms with van der Waals surface area (Å²) >= 11 is 0. The highest BCUT2D eigenvalue weighted by Gasteiger charge is 2.41. The average Bonchev–Trinajstić information content (AvgIpc) is 3.08. The van der Waals surface area contributed by atoms with Crippen LogP contribution in [0.4, 0.5) is 0 Å². The van der Waals surface area contributed by atoms with Gasteiger partial charge in [0, 0.05) is 5.41 Å². The van der Waals surface area contributed by atoms with E-state index in [-0.39, 0.29) is 0 Å². The molecular weight excluding hydrogens is 188 g/mol. The van der Waals surface area contributed by atoms with Crippen molar-refractivity contribution in [3.8, 4) is 11.5 Å². The minimum atomic E-state index is 0.486. The number of hydrogen-bond acceptors (Lipinski definition) is 2. The maximum Gasteiger partial charge on any atom is 0.119 e. The van der Waals surface area contributed by atoms with Gasteiger partial charge in [0.05, 0.1) is 13.7 Å². The second-order valence-corrected chi connectivity index (χ2v) is 4.32. The number of ether oxygens (including phenoxy) is 2. The summed E-state index contributed by atoms with van der Waals surface area (Å²) in [5, 5.41) is 0. The van der Waals surface area contributed by atoms with E-state index in [4.69, 9.17) is 9.47 Å². The molecule has 1 fully saturated rings. The summed E-state index contributed by atoms with van der Waals surface area (Å²) in [4.78, 5) is 0. The van der Waals surface area contributed by atoms with E-state index in [1.165, 1.54) is 19.3 Å². The molecule has 0 aliphatic heterocycles. The molecule has 0 saturated heterocycles. The first kappa shape index (κ1) is 10.3. The first-order valence-corrected chi connectivity index (χ1v) is 5.55. The quantitative estimate of drug-likeness (QED) is 0.736. The fourth-order valence-electron chi connectivity index (χ4n) is 1.69. The average molecular weight is 206 g/mol. The second kappa shape index (κ2) is 4.13. The Balaban J connectivity index is 1.88. The van der Waals surface area contributed by atoms with E-state index in [0.717, 1.165) is 18.1 Å². The molecule has 0 unspecified atom stereocenters. The van der Waals surface area contributed by atoms with Crippen LogP contribution in [0, 0.1) is 5.41 Å². The molecule has 1 aromatic rings. The van der Waals surface area contributed by atoms with Crippen LogP contribution in [0.2, 0.25) is 0 Å². The standard InChI is InChI=1S/C13H18O2/c1-3-13(8-9-13)10-15-12-6-4-11(14-2)5-7-12/h4-7H,3,8-10H2,1-2H3. The molecule has 0 spiro atoms. The normalized spacial score (nSPS) is 17.2. The fourth-order valence-corrected chi connectivity index (χ4v) is 1.69. The SMILES string of the molecule is CCC1(COc2ccc(OC)cc2)CC1. The second-order valence-electron chi connectivity index (χ2n) is 4.32. The number of benzene rings is 1. The molecule has 2 nitrogen and oxygen atoms in total. The van der Waals surface area contributed by atoms with Crippen LogP contribution in [0.1, 0.15) is 26.2 Å². The molecule has 2 rings (SSSR count). The predicted octanol–water partition coefficient (Wildman–Crippen LogP) is 3.26. The third kappa shape index (κ3) is 2.44. The highest BCUT2D eigenvalue weighted by molar-refractivity contribution is 5.31. The summed E-state index contributed by atoms with van der Waals surface area (Å²) in [6.07, 6.45) is 3.86. The summed E-state index contributed by atoms with van der Waals surface area (Å²) in [7, 11) is 1.67. The number of hydrogen-bond donors (Lipinski definition) is 0. The van der Waals surface area contributed by atoms with Crippen molar-refractivity contribution >= 4 is 0 Å². The minimum Gasteiger partial charge on any atom is -0.497 e. The fraction of sp³-hybridized carbons (Fsp3) is 0.538. The van der Waals surface area contributed by atoms with E-state index in [0.29, 0.717) is 5.41 Å². The van der Waals surface area contributed by atoms with E-state index >= 15 is 0 Å². The van der Waals surface area contributed by atoms with Crippen molar-refractivity contribution < 1.29 is 9.47 Å². The highest BCUT2D eigenvalue weighted by atomic mass is 16.5. The van der Waals surface area contributed by atoms with Crippen molar-refractivity contribution in [3.63, 3.8) is 0 Å². The van der Waals surface area contributed by atoms with Gasteiger partial charge < -0.3 is 9.47 Å². The molecule has 1 aromatic carbocycles. The van der Waals surface area contributed by atoms with Crippen molar-refractivity contribution in [2.75, 3.05) is 13.7 Å². The van der Waals surface area contributed by atoms with Gasteiger partial charge in [-0.1, -0.05) is 6.92 Å². The smallest absolute Gasteiger partial charge is 0.119 e. The molecule has 2 heteroatoms. The molecule has 0 N–H and O–H groups in total. The van der Waals surface area contributed by atoms with Gasteiger partial charge in [0.2, 0.25) is 0 Å². The zero-order valence-corrected chi connectivity index (χ0v) is 9.45. The van der Waals surface area contributed by atoms with E-state index in [9.17, 15) is 0 Å². The Labute approximate surface area is 91.2 Å². The van der Waals surface area contributed by atoms with Crippen molar-refractivity contribution in [2.45, 2.75) is 26.2 Å². The first-order chi connectivity index (χ1) is 7.28. The van der Waals surface area contributed by atoms with Crippen LogP contribution in [0.15, 0.2) is 24.3 Å². The summed E-state index contributed by atoms with van der Waals surface area (Å²) in [6.45, 7) is 3.10. The Morgan fingerprint density at radius 1 is 1.13 bits per heavy atom. The molecule has 1 saturated carbocycles. The van der Waals surface area contributed by atoms with Crippen molar-refractivity contribution in [2.24, 2.45) is 5.41 Å². The molecule has 15 heavy (non-hydrogen) atoms. The van der Waals surface area contributed by atoms with Gasteiger partial charge in [0.1, 0.15) is 11.5 Å². The zero-order valence-electron chi connectivity index (χ0n) is 9.45. The van der Waals surface area contributed by atoms with Gasteiger partial charge in [-0.3, -0.25) is 0 Å². The number of rotatable bonds is 5. The van der Waals surface area contributed by atoms with E-state index in [1.807, 2.05) is 24.3 Å². The zero-order chi connectivity index (χ0) is 10.7. The van der Waals surface area contributed by atoms with Crippen LogP contribution < -0.4 is 9.47 Å². The maximum absolute atomic E-state index is 5.77. The van der Waals surface area contributed by atoms with E-state index in [2.05, 4.69) is 6.92 Å². The van der Waals surface area contributed by atoms with Crippen LogP contribution in [-0.4, -0.2) is 13.7 Å². The van der Waals surface area contributed by atoms with Gasteiger partial charge in [0.15, 0.2) is 0 Å². The molecule has 0 aromatic heterocycles. The molecule has 0 atom stereocenters. The third-order valence-electron chi connectivity index (χ3n) is 3.31. The summed E-state index contributed by atoms with van der Waals surface area (Å²) < 4.78 is 10.9. The predicted molar refractivity (Wildman–Crippen MR) is 60.4 cm³/mol. The first-order valence-electron chi connectivity index (χ1n) is 5.55. The lowest BCUT2D eigenvalue weighted by Gasteiger charge is -2.13. The van der Waals surface area contributed by atoms with E-state index < -0.39 is 0 Å². The van der Waals surface area contributed by atoms with Gasteiger partial charge in [-0.2, -0.15) is 0 Å². The Bertz CT molecular complexity index is 312. The summed E-state index contributed by atoms with van der Waals surface area (Å²) in [6, 6.07) is 7.79. The molecule has 0 bridgehead atoms. The Kier molecular flexibility index (Phi) is 2.85. The lowest BCUT2D eigenvalue weighted by Crippen LogP contribution is -2.11. The topological polar surface area (TPSA) is 18.5 Å². The van der Waals surface area contributed by atoms with Gasteiger partial charge in [-0.15, -0.1) is 0 Å². The van der Waals surface area contributed by atoms with Gasteiger partial charge in [0.25, 0.3) is 0 Å². The van der Waals surface area contributed by atoms with Gasteiger partial charge >= 0.3 is 0 Å². The number of methoxy groups -OCH3 is 1. The molecule has 0 amide bonds. The largest absolute Gasteiger partial charge is 0.497 e. The summed E-state index contributed by atoms with van der Waals surface area (Å²) in [5.41, 5.74) is 0.486. The van der Waals surface area contributed by atoms with Crippen molar-refractivity contribution in [1.29, 1.82) is 0 Å². The molecule has 1 aliphatic carbocycles. The lowest BCUT2D eigenvalue weighted by molar-refractivity contribution is 0.229. The summed E-state index contributed by atoms with van der Waals surface area (Å²) in [5.74, 6) is 1.81. The minimum absolute atomic E-state index is 0.486. The molecule has 0 radical (unpaired) electrons. The van der Waals surface area contributed by atoms with Crippen LogP contribution in [0.3, 0.4) is 0 Å². The monoisotopic (exact) mass is 206 g/mol.